The van der Waals surface area contributed by atoms with Gasteiger partial charge in [0.15, 0.2) is 0 Å². The number of rotatable bonds is 1. The third-order valence-corrected chi connectivity index (χ3v) is 1.67. The maximum absolute atomic E-state index is 11.6. The van der Waals surface area contributed by atoms with Crippen molar-refractivity contribution in [2.45, 2.75) is 13.1 Å². The van der Waals surface area contributed by atoms with Crippen LogP contribution >= 0.6 is 11.8 Å². The number of thioether (sulfide) groups is 1. The van der Waals surface area contributed by atoms with Crippen LogP contribution < -0.4 is 0 Å². The third-order valence-electron chi connectivity index (χ3n) is 0.761. The minimum Gasteiger partial charge on any atom is -0.166 e. The lowest BCUT2D eigenvalue weighted by molar-refractivity contribution is -0.0836. The molecule has 0 spiro atoms. The maximum atomic E-state index is 11.6. The highest BCUT2D eigenvalue weighted by atomic mass is 32.2. The molecule has 54 valence electrons. The standard InChI is InChI=1S/C5H7F3S/c1-3-4(9-2)5(6,7)8/h3H,1-2H3. The Bertz CT molecular complexity index is 114. The zero-order valence-corrected chi connectivity index (χ0v) is 5.94. The average Bonchev–Trinajstić information content (AvgIpc) is 1.65. The molecule has 0 unspecified atom stereocenters. The quantitative estimate of drug-likeness (QED) is 0.562. The molecule has 0 aliphatic rings. The van der Waals surface area contributed by atoms with Crippen LogP contribution in [0.2, 0.25) is 0 Å². The molecule has 0 rings (SSSR count). The molecule has 0 N–H and O–H groups in total. The third kappa shape index (κ3) is 2.79. The van der Waals surface area contributed by atoms with E-state index in [9.17, 15) is 13.2 Å². The van der Waals surface area contributed by atoms with Crippen LogP contribution in [0.1, 0.15) is 6.92 Å². The molecule has 0 saturated carbocycles. The lowest BCUT2D eigenvalue weighted by Gasteiger charge is -2.06. The molecule has 0 nitrogen and oxygen atoms in total. The second kappa shape index (κ2) is 3.15. The smallest absolute Gasteiger partial charge is 0.166 e. The van der Waals surface area contributed by atoms with Crippen molar-refractivity contribution in [3.8, 4) is 0 Å². The average molecular weight is 156 g/mol. The van der Waals surface area contributed by atoms with E-state index in [0.717, 1.165) is 6.08 Å². The van der Waals surface area contributed by atoms with Gasteiger partial charge < -0.3 is 0 Å². The topological polar surface area (TPSA) is 0 Å². The van der Waals surface area contributed by atoms with Gasteiger partial charge in [-0.05, 0) is 13.2 Å². The zero-order valence-electron chi connectivity index (χ0n) is 5.12. The molecule has 0 bridgehead atoms. The van der Waals surface area contributed by atoms with Gasteiger partial charge in [0.2, 0.25) is 0 Å². The summed E-state index contributed by atoms with van der Waals surface area (Å²) in [6, 6.07) is 0. The zero-order chi connectivity index (χ0) is 7.49. The summed E-state index contributed by atoms with van der Waals surface area (Å²) >= 11 is 0.713. The monoisotopic (exact) mass is 156 g/mol. The molecule has 0 atom stereocenters. The lowest BCUT2D eigenvalue weighted by Crippen LogP contribution is -2.07. The van der Waals surface area contributed by atoms with Crippen molar-refractivity contribution in [1.82, 2.24) is 0 Å². The maximum Gasteiger partial charge on any atom is 0.421 e. The van der Waals surface area contributed by atoms with Gasteiger partial charge in [0.1, 0.15) is 0 Å². The van der Waals surface area contributed by atoms with Gasteiger partial charge >= 0.3 is 6.18 Å². The summed E-state index contributed by atoms with van der Waals surface area (Å²) in [6.45, 7) is 1.37. The molecule has 0 aliphatic carbocycles. The van der Waals surface area contributed by atoms with Crippen molar-refractivity contribution >= 4 is 11.8 Å². The minimum absolute atomic E-state index is 0.539. The largest absolute Gasteiger partial charge is 0.421 e. The van der Waals surface area contributed by atoms with Gasteiger partial charge in [0.25, 0.3) is 0 Å². The van der Waals surface area contributed by atoms with E-state index in [-0.39, 0.29) is 0 Å². The fourth-order valence-corrected chi connectivity index (χ4v) is 0.864. The summed E-state index contributed by atoms with van der Waals surface area (Å²) in [6.07, 6.45) is -1.69. The Morgan fingerprint density at radius 1 is 1.44 bits per heavy atom. The van der Waals surface area contributed by atoms with E-state index in [2.05, 4.69) is 0 Å². The first-order valence-corrected chi connectivity index (χ1v) is 3.52. The molecular weight excluding hydrogens is 149 g/mol. The molecule has 0 amide bonds. The van der Waals surface area contributed by atoms with Crippen LogP contribution in [0.4, 0.5) is 13.2 Å². The van der Waals surface area contributed by atoms with Crippen molar-refractivity contribution in [1.29, 1.82) is 0 Å². The van der Waals surface area contributed by atoms with Crippen LogP contribution in [0, 0.1) is 0 Å². The molecular formula is C5H7F3S. The molecule has 4 heteroatoms. The van der Waals surface area contributed by atoms with Gasteiger partial charge in [-0.3, -0.25) is 0 Å². The number of allylic oxidation sites excluding steroid dienone is 2. The summed E-state index contributed by atoms with van der Waals surface area (Å²) in [5.41, 5.74) is 0. The van der Waals surface area contributed by atoms with Crippen LogP contribution in [0.5, 0.6) is 0 Å². The Balaban J connectivity index is 4.14. The van der Waals surface area contributed by atoms with Gasteiger partial charge in [0.05, 0.1) is 4.91 Å². The molecule has 0 aliphatic heterocycles. The normalized spacial score (nSPS) is 14.1. The van der Waals surface area contributed by atoms with Crippen molar-refractivity contribution < 1.29 is 13.2 Å². The number of hydrogen-bond donors (Lipinski definition) is 0. The summed E-state index contributed by atoms with van der Waals surface area (Å²) in [5.74, 6) is 0. The van der Waals surface area contributed by atoms with Gasteiger partial charge in [-0.15, -0.1) is 11.8 Å². The number of halogens is 3. The van der Waals surface area contributed by atoms with E-state index in [1.807, 2.05) is 0 Å². The predicted molar refractivity (Wildman–Crippen MR) is 33.3 cm³/mol. The van der Waals surface area contributed by atoms with Crippen LogP contribution in [-0.2, 0) is 0 Å². The van der Waals surface area contributed by atoms with E-state index < -0.39 is 11.1 Å². The Kier molecular flexibility index (Phi) is 3.11. The van der Waals surface area contributed by atoms with Gasteiger partial charge in [-0.25, -0.2) is 0 Å². The number of alkyl halides is 3. The first-order valence-electron chi connectivity index (χ1n) is 2.30. The summed E-state index contributed by atoms with van der Waals surface area (Å²) in [5, 5.41) is 0. The van der Waals surface area contributed by atoms with Crippen LogP contribution in [0.25, 0.3) is 0 Å². The SMILES string of the molecule is CC=C(SC)C(F)(F)F. The van der Waals surface area contributed by atoms with Crippen molar-refractivity contribution in [2.24, 2.45) is 0 Å². The fourth-order valence-electron chi connectivity index (χ4n) is 0.397. The minimum atomic E-state index is -4.16. The molecule has 0 saturated heterocycles. The summed E-state index contributed by atoms with van der Waals surface area (Å²) < 4.78 is 34.9. The Morgan fingerprint density at radius 2 is 1.89 bits per heavy atom. The molecule has 0 aromatic carbocycles. The molecule has 0 aromatic heterocycles. The Labute approximate surface area is 56.1 Å². The summed E-state index contributed by atoms with van der Waals surface area (Å²) in [4.78, 5) is -0.539. The highest BCUT2D eigenvalue weighted by molar-refractivity contribution is 8.02. The molecule has 9 heavy (non-hydrogen) atoms. The predicted octanol–water partition coefficient (Wildman–Crippen LogP) is 2.82. The van der Waals surface area contributed by atoms with Crippen molar-refractivity contribution in [3.63, 3.8) is 0 Å². The molecule has 0 aromatic rings. The van der Waals surface area contributed by atoms with Crippen molar-refractivity contribution in [3.05, 3.63) is 11.0 Å². The highest BCUT2D eigenvalue weighted by Crippen LogP contribution is 2.32. The molecule has 0 radical (unpaired) electrons. The first kappa shape index (κ1) is 8.88. The second-order valence-electron chi connectivity index (χ2n) is 1.35. The lowest BCUT2D eigenvalue weighted by atomic mass is 10.5. The Hall–Kier alpha value is -0.120. The van der Waals surface area contributed by atoms with E-state index in [1.165, 1.54) is 13.2 Å². The number of hydrogen-bond acceptors (Lipinski definition) is 1. The summed E-state index contributed by atoms with van der Waals surface area (Å²) in [7, 11) is 0. The van der Waals surface area contributed by atoms with Crippen LogP contribution in [0.15, 0.2) is 11.0 Å². The fraction of sp³-hybridized carbons (Fsp3) is 0.600. The van der Waals surface area contributed by atoms with Crippen LogP contribution in [-0.4, -0.2) is 12.4 Å². The highest BCUT2D eigenvalue weighted by Gasteiger charge is 2.31. The van der Waals surface area contributed by atoms with Crippen LogP contribution in [0.3, 0.4) is 0 Å². The van der Waals surface area contributed by atoms with E-state index in [0.29, 0.717) is 11.8 Å². The first-order chi connectivity index (χ1) is 4.02. The molecule has 0 heterocycles. The Morgan fingerprint density at radius 3 is 1.89 bits per heavy atom. The van der Waals surface area contributed by atoms with E-state index >= 15 is 0 Å². The van der Waals surface area contributed by atoms with E-state index in [4.69, 9.17) is 0 Å². The molecule has 0 fully saturated rings. The van der Waals surface area contributed by atoms with Gasteiger partial charge in [-0.2, -0.15) is 13.2 Å². The van der Waals surface area contributed by atoms with Crippen molar-refractivity contribution in [2.75, 3.05) is 6.26 Å². The van der Waals surface area contributed by atoms with Gasteiger partial charge in [-0.1, -0.05) is 6.08 Å². The van der Waals surface area contributed by atoms with E-state index in [1.54, 1.807) is 0 Å². The van der Waals surface area contributed by atoms with Gasteiger partial charge in [0, 0.05) is 0 Å². The second-order valence-corrected chi connectivity index (χ2v) is 2.20.